The van der Waals surface area contributed by atoms with E-state index in [2.05, 4.69) is 0 Å². The van der Waals surface area contributed by atoms with Gasteiger partial charge in [-0.3, -0.25) is 4.79 Å². The van der Waals surface area contributed by atoms with E-state index in [1.54, 1.807) is 4.90 Å². The van der Waals surface area contributed by atoms with Crippen molar-refractivity contribution in [3.05, 3.63) is 65.7 Å². The predicted octanol–water partition coefficient (Wildman–Crippen LogP) is 2.62. The van der Waals surface area contributed by atoms with Crippen molar-refractivity contribution < 1.29 is 14.3 Å². The number of rotatable bonds is 8. The minimum Gasteiger partial charge on any atom is -0.489 e. The fourth-order valence-electron chi connectivity index (χ4n) is 2.41. The number of hydrogen-bond donors (Lipinski definition) is 1. The Hall–Kier alpha value is -3.02. The van der Waals surface area contributed by atoms with Gasteiger partial charge < -0.3 is 20.3 Å². The number of carbonyl (C=O) groups excluding carboxylic acids is 2. The van der Waals surface area contributed by atoms with Crippen LogP contribution in [0.2, 0.25) is 0 Å². The Bertz CT molecular complexity index is 717. The van der Waals surface area contributed by atoms with Crippen LogP contribution in [0.5, 0.6) is 5.75 Å². The Balaban J connectivity index is 1.90. The smallest absolute Gasteiger partial charge is 0.314 e. The molecule has 138 valence electrons. The third-order valence-corrected chi connectivity index (χ3v) is 4.03. The van der Waals surface area contributed by atoms with E-state index in [1.165, 1.54) is 11.9 Å². The molecule has 2 N–H and O–H groups in total. The predicted molar refractivity (Wildman–Crippen MR) is 101 cm³/mol. The highest BCUT2D eigenvalue weighted by Gasteiger charge is 2.16. The molecule has 0 bridgehead atoms. The van der Waals surface area contributed by atoms with Gasteiger partial charge in [-0.05, 0) is 30.2 Å². The van der Waals surface area contributed by atoms with Gasteiger partial charge in [-0.25, -0.2) is 4.79 Å². The van der Waals surface area contributed by atoms with Gasteiger partial charge in [0.25, 0.3) is 0 Å². The van der Waals surface area contributed by atoms with E-state index in [4.69, 9.17) is 10.5 Å². The molecule has 0 unspecified atom stereocenters. The van der Waals surface area contributed by atoms with E-state index in [9.17, 15) is 9.59 Å². The Kier molecular flexibility index (Phi) is 7.02. The van der Waals surface area contributed by atoms with Gasteiger partial charge in [0.1, 0.15) is 18.9 Å². The molecule has 0 heterocycles. The van der Waals surface area contributed by atoms with Crippen LogP contribution in [0.1, 0.15) is 18.1 Å². The number of primary amides is 1. The molecule has 6 nitrogen and oxygen atoms in total. The van der Waals surface area contributed by atoms with Crippen molar-refractivity contribution in [3.8, 4) is 5.75 Å². The minimum absolute atomic E-state index is 0.0263. The number of ether oxygens (including phenoxy) is 1. The molecule has 0 radical (unpaired) electrons. The van der Waals surface area contributed by atoms with Crippen molar-refractivity contribution in [1.29, 1.82) is 0 Å². The number of hydrogen-bond acceptors (Lipinski definition) is 3. The summed E-state index contributed by atoms with van der Waals surface area (Å²) in [6, 6.07) is 17.0. The Labute approximate surface area is 154 Å². The molecular weight excluding hydrogens is 330 g/mol. The average Bonchev–Trinajstić information content (AvgIpc) is 2.66. The summed E-state index contributed by atoms with van der Waals surface area (Å²) in [5.41, 5.74) is 7.27. The number of nitrogens with two attached hydrogens (primary N) is 1. The van der Waals surface area contributed by atoms with Crippen LogP contribution in [0, 0.1) is 0 Å². The molecule has 2 aromatic carbocycles. The van der Waals surface area contributed by atoms with E-state index in [0.29, 0.717) is 19.7 Å². The molecule has 0 atom stereocenters. The molecule has 6 heteroatoms. The number of nitrogens with zero attached hydrogens (tertiary/aromatic N) is 2. The Morgan fingerprint density at radius 3 is 2.23 bits per heavy atom. The van der Waals surface area contributed by atoms with Crippen molar-refractivity contribution in [2.24, 2.45) is 5.73 Å². The highest BCUT2D eigenvalue weighted by molar-refractivity contribution is 5.83. The van der Waals surface area contributed by atoms with Gasteiger partial charge in [0, 0.05) is 20.1 Å². The average molecular weight is 355 g/mol. The molecule has 0 fully saturated rings. The van der Waals surface area contributed by atoms with Crippen LogP contribution in [0.4, 0.5) is 4.79 Å². The summed E-state index contributed by atoms with van der Waals surface area (Å²) in [6.07, 6.45) is 0. The van der Waals surface area contributed by atoms with E-state index < -0.39 is 6.03 Å². The third-order valence-electron chi connectivity index (χ3n) is 4.03. The first kappa shape index (κ1) is 19.3. The van der Waals surface area contributed by atoms with Gasteiger partial charge in [-0.1, -0.05) is 42.5 Å². The van der Waals surface area contributed by atoms with Gasteiger partial charge in [0.05, 0.1) is 0 Å². The van der Waals surface area contributed by atoms with Crippen LogP contribution in [-0.4, -0.2) is 41.9 Å². The number of urea groups is 1. The van der Waals surface area contributed by atoms with Crippen molar-refractivity contribution in [2.75, 3.05) is 20.1 Å². The summed E-state index contributed by atoms with van der Waals surface area (Å²) in [7, 11) is 1.51. The van der Waals surface area contributed by atoms with Crippen LogP contribution in [0.25, 0.3) is 0 Å². The standard InChI is InChI=1S/C20H25N3O3/c1-3-23(19(24)14-22(2)20(21)25)13-16-9-11-18(12-10-16)26-15-17-7-5-4-6-8-17/h4-12H,3,13-15H2,1-2H3,(H2,21,25). The second-order valence-electron chi connectivity index (χ2n) is 6.02. The van der Waals surface area contributed by atoms with E-state index in [1.807, 2.05) is 61.5 Å². The molecule has 0 aliphatic carbocycles. The number of amides is 3. The topological polar surface area (TPSA) is 75.9 Å². The summed E-state index contributed by atoms with van der Waals surface area (Å²) < 4.78 is 5.77. The van der Waals surface area contributed by atoms with Crippen LogP contribution >= 0.6 is 0 Å². The molecule has 0 aliphatic heterocycles. The second kappa shape index (κ2) is 9.46. The van der Waals surface area contributed by atoms with Crippen LogP contribution in [0.15, 0.2) is 54.6 Å². The summed E-state index contributed by atoms with van der Waals surface area (Å²) in [4.78, 5) is 26.2. The van der Waals surface area contributed by atoms with Gasteiger partial charge in [0.15, 0.2) is 0 Å². The van der Waals surface area contributed by atoms with E-state index in [0.717, 1.165) is 16.9 Å². The molecule has 3 amide bonds. The van der Waals surface area contributed by atoms with E-state index in [-0.39, 0.29) is 12.5 Å². The highest BCUT2D eigenvalue weighted by Crippen LogP contribution is 2.15. The van der Waals surface area contributed by atoms with Gasteiger partial charge >= 0.3 is 6.03 Å². The maximum absolute atomic E-state index is 12.3. The molecule has 2 aromatic rings. The summed E-state index contributed by atoms with van der Waals surface area (Å²) in [6.45, 7) is 3.42. The second-order valence-corrected chi connectivity index (χ2v) is 6.02. The molecule has 0 spiro atoms. The summed E-state index contributed by atoms with van der Waals surface area (Å²) in [5, 5.41) is 0. The third kappa shape index (κ3) is 5.81. The first-order chi connectivity index (χ1) is 12.5. The lowest BCUT2D eigenvalue weighted by Crippen LogP contribution is -2.42. The van der Waals surface area contributed by atoms with Gasteiger partial charge in [-0.15, -0.1) is 0 Å². The molecule has 0 saturated carbocycles. The Morgan fingerprint density at radius 1 is 1.00 bits per heavy atom. The number of carbonyl (C=O) groups is 2. The quantitative estimate of drug-likeness (QED) is 0.791. The lowest BCUT2D eigenvalue weighted by atomic mass is 10.2. The largest absolute Gasteiger partial charge is 0.489 e. The van der Waals surface area contributed by atoms with Crippen molar-refractivity contribution in [3.63, 3.8) is 0 Å². The molecular formula is C20H25N3O3. The lowest BCUT2D eigenvalue weighted by Gasteiger charge is -2.23. The zero-order valence-corrected chi connectivity index (χ0v) is 15.2. The molecule has 26 heavy (non-hydrogen) atoms. The zero-order chi connectivity index (χ0) is 18.9. The molecule has 0 saturated heterocycles. The first-order valence-electron chi connectivity index (χ1n) is 8.53. The normalized spacial score (nSPS) is 10.2. The van der Waals surface area contributed by atoms with Crippen LogP contribution < -0.4 is 10.5 Å². The maximum Gasteiger partial charge on any atom is 0.314 e. The fourth-order valence-corrected chi connectivity index (χ4v) is 2.41. The van der Waals surface area contributed by atoms with Crippen molar-refractivity contribution >= 4 is 11.9 Å². The lowest BCUT2D eigenvalue weighted by molar-refractivity contribution is -0.131. The summed E-state index contributed by atoms with van der Waals surface area (Å²) in [5.74, 6) is 0.638. The maximum atomic E-state index is 12.3. The van der Waals surface area contributed by atoms with Crippen molar-refractivity contribution in [2.45, 2.75) is 20.1 Å². The zero-order valence-electron chi connectivity index (χ0n) is 15.2. The van der Waals surface area contributed by atoms with Crippen molar-refractivity contribution in [1.82, 2.24) is 9.80 Å². The molecule has 2 rings (SSSR count). The van der Waals surface area contributed by atoms with Crippen LogP contribution in [0.3, 0.4) is 0 Å². The highest BCUT2D eigenvalue weighted by atomic mass is 16.5. The number of likely N-dealkylation sites (N-methyl/N-ethyl adjacent to an activating group) is 2. The van der Waals surface area contributed by atoms with Gasteiger partial charge in [-0.2, -0.15) is 0 Å². The monoisotopic (exact) mass is 355 g/mol. The molecule has 0 aliphatic rings. The minimum atomic E-state index is -0.616. The van der Waals surface area contributed by atoms with Gasteiger partial charge in [0.2, 0.25) is 5.91 Å². The Morgan fingerprint density at radius 2 is 1.65 bits per heavy atom. The van der Waals surface area contributed by atoms with E-state index >= 15 is 0 Å². The molecule has 0 aromatic heterocycles. The van der Waals surface area contributed by atoms with Crippen LogP contribution in [-0.2, 0) is 17.9 Å². The summed E-state index contributed by atoms with van der Waals surface area (Å²) >= 11 is 0. The number of benzene rings is 2. The first-order valence-corrected chi connectivity index (χ1v) is 8.53. The fraction of sp³-hybridized carbons (Fsp3) is 0.300. The SMILES string of the molecule is CCN(Cc1ccc(OCc2ccccc2)cc1)C(=O)CN(C)C(N)=O.